The van der Waals surface area contributed by atoms with Gasteiger partial charge in [0.1, 0.15) is 0 Å². The summed E-state index contributed by atoms with van der Waals surface area (Å²) < 4.78 is 0. The van der Waals surface area contributed by atoms with Crippen LogP contribution in [-0.4, -0.2) is 65.8 Å². The van der Waals surface area contributed by atoms with Crippen LogP contribution in [0.3, 0.4) is 0 Å². The normalized spacial score (nSPS) is 18.7. The molecule has 1 aromatic heterocycles. The first-order valence-corrected chi connectivity index (χ1v) is 13.4. The van der Waals surface area contributed by atoms with Gasteiger partial charge in [0.25, 0.3) is 5.91 Å². The van der Waals surface area contributed by atoms with Gasteiger partial charge in [-0.05, 0) is 66.6 Å². The first-order valence-electron chi connectivity index (χ1n) is 12.2. The van der Waals surface area contributed by atoms with E-state index in [1.165, 1.54) is 10.4 Å². The average Bonchev–Trinajstić information content (AvgIpc) is 3.20. The molecule has 35 heavy (non-hydrogen) atoms. The van der Waals surface area contributed by atoms with E-state index in [1.807, 2.05) is 53.1 Å². The number of halogens is 1. The summed E-state index contributed by atoms with van der Waals surface area (Å²) in [5.74, 6) is 0.176. The second kappa shape index (κ2) is 10.5. The van der Waals surface area contributed by atoms with Gasteiger partial charge in [-0.2, -0.15) is 0 Å². The molecule has 3 heterocycles. The van der Waals surface area contributed by atoms with E-state index < -0.39 is 0 Å². The monoisotopic (exact) mass is 507 g/mol. The molecule has 2 aliphatic rings. The summed E-state index contributed by atoms with van der Waals surface area (Å²) in [7, 11) is 0. The SMILES string of the molecule is Cc1ccc(C(=O)N2CCCN(C(=O)CN3CCc4sccc4[C@@H]3c3ccc(Cl)cc3)CC2)cc1. The summed E-state index contributed by atoms with van der Waals surface area (Å²) in [4.78, 5) is 33.9. The van der Waals surface area contributed by atoms with Crippen molar-refractivity contribution in [3.8, 4) is 0 Å². The Balaban J connectivity index is 1.27. The summed E-state index contributed by atoms with van der Waals surface area (Å²) in [6.45, 7) is 5.72. The molecule has 2 amide bonds. The Morgan fingerprint density at radius 3 is 2.40 bits per heavy atom. The lowest BCUT2D eigenvalue weighted by Crippen LogP contribution is -2.45. The summed E-state index contributed by atoms with van der Waals surface area (Å²) >= 11 is 7.94. The van der Waals surface area contributed by atoms with Crippen LogP contribution < -0.4 is 0 Å². The first-order chi connectivity index (χ1) is 17.0. The lowest BCUT2D eigenvalue weighted by atomic mass is 9.93. The van der Waals surface area contributed by atoms with E-state index in [9.17, 15) is 9.59 Å². The molecule has 1 fully saturated rings. The van der Waals surface area contributed by atoms with E-state index in [1.54, 1.807) is 11.3 Å². The molecular formula is C28H30ClN3O2S. The Hall–Kier alpha value is -2.67. The molecule has 2 aromatic carbocycles. The van der Waals surface area contributed by atoms with Crippen LogP contribution >= 0.6 is 22.9 Å². The van der Waals surface area contributed by atoms with Gasteiger partial charge in [0.2, 0.25) is 5.91 Å². The van der Waals surface area contributed by atoms with Crippen molar-refractivity contribution in [2.24, 2.45) is 0 Å². The Labute approximate surface area is 215 Å². The minimum absolute atomic E-state index is 0.0446. The van der Waals surface area contributed by atoms with Crippen molar-refractivity contribution in [1.82, 2.24) is 14.7 Å². The number of rotatable bonds is 4. The molecular weight excluding hydrogens is 478 g/mol. The predicted molar refractivity (Wildman–Crippen MR) is 141 cm³/mol. The van der Waals surface area contributed by atoms with Gasteiger partial charge in [0, 0.05) is 48.2 Å². The molecule has 7 heteroatoms. The maximum atomic E-state index is 13.4. The zero-order valence-electron chi connectivity index (χ0n) is 20.0. The minimum atomic E-state index is 0.0446. The zero-order chi connectivity index (χ0) is 24.4. The fourth-order valence-corrected chi connectivity index (χ4v) is 6.13. The third-order valence-corrected chi connectivity index (χ3v) is 8.27. The number of aryl methyl sites for hydroxylation is 1. The molecule has 0 aliphatic carbocycles. The molecule has 5 nitrogen and oxygen atoms in total. The van der Waals surface area contributed by atoms with E-state index >= 15 is 0 Å². The standard InChI is InChI=1S/C28H30ClN3O2S/c1-20-3-5-22(6-4-20)28(34)31-14-2-13-30(16-17-31)26(33)19-32-15-11-25-24(12-18-35-25)27(32)21-7-9-23(29)10-8-21/h3-10,12,18,27H,2,11,13-17,19H2,1H3/t27-/m0/s1. The Bertz CT molecular complexity index is 1190. The molecule has 2 aliphatic heterocycles. The first kappa shape index (κ1) is 24.0. The highest BCUT2D eigenvalue weighted by Crippen LogP contribution is 2.38. The average molecular weight is 508 g/mol. The van der Waals surface area contributed by atoms with Crippen LogP contribution in [0.2, 0.25) is 5.02 Å². The number of amides is 2. The quantitative estimate of drug-likeness (QED) is 0.497. The van der Waals surface area contributed by atoms with Crippen LogP contribution in [0.4, 0.5) is 0 Å². The van der Waals surface area contributed by atoms with Crippen LogP contribution in [-0.2, 0) is 11.2 Å². The lowest BCUT2D eigenvalue weighted by Gasteiger charge is -2.37. The van der Waals surface area contributed by atoms with Crippen molar-refractivity contribution in [1.29, 1.82) is 0 Å². The van der Waals surface area contributed by atoms with Crippen LogP contribution in [0.5, 0.6) is 0 Å². The fraction of sp³-hybridized carbons (Fsp3) is 0.357. The van der Waals surface area contributed by atoms with Crippen LogP contribution in [0, 0.1) is 6.92 Å². The van der Waals surface area contributed by atoms with E-state index in [4.69, 9.17) is 11.6 Å². The number of nitrogens with zero attached hydrogens (tertiary/aromatic N) is 3. The third kappa shape index (κ3) is 5.30. The number of hydrogen-bond acceptors (Lipinski definition) is 4. The smallest absolute Gasteiger partial charge is 0.253 e. The Morgan fingerprint density at radius 1 is 0.914 bits per heavy atom. The number of benzene rings is 2. The molecule has 0 saturated carbocycles. The van der Waals surface area contributed by atoms with E-state index in [0.29, 0.717) is 43.3 Å². The second-order valence-corrected chi connectivity index (χ2v) is 10.8. The van der Waals surface area contributed by atoms with E-state index in [-0.39, 0.29) is 17.9 Å². The van der Waals surface area contributed by atoms with Crippen LogP contribution in [0.15, 0.2) is 60.0 Å². The van der Waals surface area contributed by atoms with Gasteiger partial charge < -0.3 is 9.80 Å². The third-order valence-electron chi connectivity index (χ3n) is 7.02. The molecule has 182 valence electrons. The maximum absolute atomic E-state index is 13.4. The largest absolute Gasteiger partial charge is 0.340 e. The van der Waals surface area contributed by atoms with E-state index in [0.717, 1.165) is 30.5 Å². The molecule has 1 saturated heterocycles. The van der Waals surface area contributed by atoms with E-state index in [2.05, 4.69) is 28.5 Å². The highest BCUT2D eigenvalue weighted by molar-refractivity contribution is 7.10. The molecule has 1 atom stereocenters. The summed E-state index contributed by atoms with van der Waals surface area (Å²) in [5, 5.41) is 2.86. The van der Waals surface area contributed by atoms with Crippen molar-refractivity contribution < 1.29 is 9.59 Å². The van der Waals surface area contributed by atoms with Gasteiger partial charge in [-0.3, -0.25) is 14.5 Å². The number of thiophene rings is 1. The summed E-state index contributed by atoms with van der Waals surface area (Å²) in [6, 6.07) is 17.9. The second-order valence-electron chi connectivity index (χ2n) is 9.37. The Morgan fingerprint density at radius 2 is 1.63 bits per heavy atom. The highest BCUT2D eigenvalue weighted by atomic mass is 35.5. The van der Waals surface area contributed by atoms with Gasteiger partial charge in [-0.15, -0.1) is 11.3 Å². The summed E-state index contributed by atoms with van der Waals surface area (Å²) in [5.41, 5.74) is 4.30. The van der Waals surface area contributed by atoms with Crippen LogP contribution in [0.1, 0.15) is 44.4 Å². The molecule has 3 aromatic rings. The van der Waals surface area contributed by atoms with Gasteiger partial charge in [0.05, 0.1) is 12.6 Å². The predicted octanol–water partition coefficient (Wildman–Crippen LogP) is 5.03. The van der Waals surface area contributed by atoms with Crippen molar-refractivity contribution in [3.63, 3.8) is 0 Å². The topological polar surface area (TPSA) is 43.9 Å². The van der Waals surface area contributed by atoms with Gasteiger partial charge in [-0.25, -0.2) is 0 Å². The molecule has 0 unspecified atom stereocenters. The maximum Gasteiger partial charge on any atom is 0.253 e. The van der Waals surface area contributed by atoms with Crippen molar-refractivity contribution in [3.05, 3.63) is 92.1 Å². The number of carbonyl (C=O) groups is 2. The summed E-state index contributed by atoms with van der Waals surface area (Å²) in [6.07, 6.45) is 1.75. The van der Waals surface area contributed by atoms with Gasteiger partial charge in [0.15, 0.2) is 0 Å². The number of hydrogen-bond donors (Lipinski definition) is 0. The Kier molecular flexibility index (Phi) is 7.23. The van der Waals surface area contributed by atoms with Crippen LogP contribution in [0.25, 0.3) is 0 Å². The fourth-order valence-electron chi connectivity index (χ4n) is 5.10. The van der Waals surface area contributed by atoms with Crippen molar-refractivity contribution in [2.75, 3.05) is 39.3 Å². The zero-order valence-corrected chi connectivity index (χ0v) is 21.5. The molecule has 0 radical (unpaired) electrons. The number of fused-ring (bicyclic) bond motifs is 1. The lowest BCUT2D eigenvalue weighted by molar-refractivity contribution is -0.132. The molecule has 0 spiro atoms. The molecule has 5 rings (SSSR count). The number of carbonyl (C=O) groups excluding carboxylic acids is 2. The molecule has 0 bridgehead atoms. The van der Waals surface area contributed by atoms with Crippen molar-refractivity contribution in [2.45, 2.75) is 25.8 Å². The van der Waals surface area contributed by atoms with Crippen molar-refractivity contribution >= 4 is 34.8 Å². The highest BCUT2D eigenvalue weighted by Gasteiger charge is 2.32. The van der Waals surface area contributed by atoms with Gasteiger partial charge >= 0.3 is 0 Å². The molecule has 0 N–H and O–H groups in total. The minimum Gasteiger partial charge on any atom is -0.340 e. The van der Waals surface area contributed by atoms with Gasteiger partial charge in [-0.1, -0.05) is 41.4 Å².